The van der Waals surface area contributed by atoms with Crippen LogP contribution >= 0.6 is 11.6 Å². The van der Waals surface area contributed by atoms with Crippen LogP contribution in [0.1, 0.15) is 51.1 Å². The summed E-state index contributed by atoms with van der Waals surface area (Å²) in [5.74, 6) is -2.54. The Morgan fingerprint density at radius 1 is 1.05 bits per heavy atom. The van der Waals surface area contributed by atoms with Crippen molar-refractivity contribution in [3.63, 3.8) is 0 Å². The van der Waals surface area contributed by atoms with E-state index in [9.17, 15) is 13.2 Å². The first kappa shape index (κ1) is 31.7. The van der Waals surface area contributed by atoms with Crippen molar-refractivity contribution in [2.24, 2.45) is 0 Å². The Bertz CT molecular complexity index is 1820. The normalized spacial score (nSPS) is 17.4. The van der Waals surface area contributed by atoms with Crippen LogP contribution in [0.15, 0.2) is 47.4 Å². The summed E-state index contributed by atoms with van der Waals surface area (Å²) in [5, 5.41) is 3.80. The van der Waals surface area contributed by atoms with E-state index in [2.05, 4.69) is 39.3 Å². The van der Waals surface area contributed by atoms with Gasteiger partial charge in [-0.05, 0) is 83.5 Å². The van der Waals surface area contributed by atoms with Gasteiger partial charge < -0.3 is 10.2 Å². The zero-order valence-electron chi connectivity index (χ0n) is 24.8. The summed E-state index contributed by atoms with van der Waals surface area (Å²) >= 11 is 5.84. The van der Waals surface area contributed by atoms with Crippen molar-refractivity contribution in [3.8, 4) is 11.3 Å². The van der Waals surface area contributed by atoms with Crippen LogP contribution < -0.4 is 15.6 Å². The molecule has 0 radical (unpaired) electrons. The summed E-state index contributed by atoms with van der Waals surface area (Å²) in [4.78, 5) is 29.3. The third-order valence-corrected chi connectivity index (χ3v) is 9.23. The van der Waals surface area contributed by atoms with Crippen LogP contribution in [0, 0.1) is 11.6 Å². The molecule has 0 amide bonds. The fourth-order valence-corrected chi connectivity index (χ4v) is 6.79. The van der Waals surface area contributed by atoms with Crippen molar-refractivity contribution >= 4 is 44.4 Å². The topological polar surface area (TPSA) is 122 Å². The predicted octanol–water partition coefficient (Wildman–Crippen LogP) is 5.59. The first-order valence-electron chi connectivity index (χ1n) is 14.3. The first-order valence-corrected chi connectivity index (χ1v) is 16.3. The van der Waals surface area contributed by atoms with E-state index in [1.54, 1.807) is 13.8 Å². The zero-order chi connectivity index (χ0) is 31.8. The van der Waals surface area contributed by atoms with Gasteiger partial charge in [-0.3, -0.25) is 14.1 Å². The van der Waals surface area contributed by atoms with Gasteiger partial charge in [0.1, 0.15) is 16.9 Å². The third kappa shape index (κ3) is 7.00. The van der Waals surface area contributed by atoms with Crippen molar-refractivity contribution < 1.29 is 17.2 Å². The van der Waals surface area contributed by atoms with Gasteiger partial charge in [-0.15, -0.1) is 0 Å². The fourth-order valence-electron chi connectivity index (χ4n) is 5.46. The molecule has 14 heteroatoms. The molecule has 2 aromatic heterocycles. The van der Waals surface area contributed by atoms with E-state index in [4.69, 9.17) is 11.6 Å². The fraction of sp³-hybridized carbons (Fsp3) is 0.400. The molecule has 1 fully saturated rings. The molecule has 2 heterocycles. The molecule has 2 N–H and O–H groups in total. The van der Waals surface area contributed by atoms with Crippen molar-refractivity contribution in [2.75, 3.05) is 24.1 Å². The van der Waals surface area contributed by atoms with Crippen LogP contribution in [0.2, 0.25) is 5.02 Å². The standard InChI is InChI=1S/C30H34ClF2N7O3S/c1-17(2)40-28-25(15-34-30(37-28)35-21-9-11-22(12-10-21)39(3)4)36-26(29(40)41)19-13-23(32)27(24(33)14-19)38-44(42,43)16-18-5-7-20(31)8-6-18/h5-8,13-15,17,21-22,38H,9-12,16H2,1-4H3,(H,34,35,37). The summed E-state index contributed by atoms with van der Waals surface area (Å²) in [7, 11) is -0.0118. The molecular formula is C30H34ClF2N7O3S. The maximum atomic E-state index is 15.2. The Kier molecular flexibility index (Phi) is 9.19. The highest BCUT2D eigenvalue weighted by atomic mass is 35.5. The summed E-state index contributed by atoms with van der Waals surface area (Å²) in [6.07, 6.45) is 5.50. The minimum atomic E-state index is -4.18. The van der Waals surface area contributed by atoms with E-state index in [1.165, 1.54) is 35.0 Å². The number of benzene rings is 2. The largest absolute Gasteiger partial charge is 0.351 e. The minimum absolute atomic E-state index is 0.151. The summed E-state index contributed by atoms with van der Waals surface area (Å²) in [6, 6.07) is 8.17. The Hall–Kier alpha value is -3.68. The first-order chi connectivity index (χ1) is 20.8. The molecule has 0 unspecified atom stereocenters. The van der Waals surface area contributed by atoms with Gasteiger partial charge in [0.05, 0.1) is 11.9 Å². The highest BCUT2D eigenvalue weighted by molar-refractivity contribution is 7.91. The van der Waals surface area contributed by atoms with E-state index in [-0.39, 0.29) is 28.9 Å². The van der Waals surface area contributed by atoms with Crippen molar-refractivity contribution in [3.05, 3.63) is 75.2 Å². The molecule has 5 rings (SSSR count). The number of rotatable bonds is 9. The molecular weight excluding hydrogens is 612 g/mol. The Morgan fingerprint density at radius 2 is 1.68 bits per heavy atom. The quantitative estimate of drug-likeness (QED) is 0.242. The Labute approximate surface area is 259 Å². The third-order valence-electron chi connectivity index (χ3n) is 7.75. The van der Waals surface area contributed by atoms with Crippen LogP contribution in [0.5, 0.6) is 0 Å². The lowest BCUT2D eigenvalue weighted by atomic mass is 9.91. The van der Waals surface area contributed by atoms with E-state index in [0.717, 1.165) is 37.8 Å². The molecule has 10 nitrogen and oxygen atoms in total. The maximum absolute atomic E-state index is 15.2. The molecule has 1 aliphatic carbocycles. The molecule has 1 aliphatic rings. The second kappa shape index (κ2) is 12.7. The number of fused-ring (bicyclic) bond motifs is 1. The number of sulfonamides is 1. The minimum Gasteiger partial charge on any atom is -0.351 e. The second-order valence-corrected chi connectivity index (χ2v) is 13.7. The van der Waals surface area contributed by atoms with Gasteiger partial charge in [0.2, 0.25) is 16.0 Å². The number of hydrogen-bond acceptors (Lipinski definition) is 8. The number of anilines is 2. The number of aromatic nitrogens is 4. The lowest BCUT2D eigenvalue weighted by Crippen LogP contribution is -2.36. The van der Waals surface area contributed by atoms with Gasteiger partial charge >= 0.3 is 0 Å². The molecule has 234 valence electrons. The summed E-state index contributed by atoms with van der Waals surface area (Å²) in [5.41, 5.74) is -0.881. The van der Waals surface area contributed by atoms with Crippen molar-refractivity contribution in [2.45, 2.75) is 63.4 Å². The highest BCUT2D eigenvalue weighted by Crippen LogP contribution is 2.29. The van der Waals surface area contributed by atoms with Crippen molar-refractivity contribution in [1.82, 2.24) is 24.4 Å². The summed E-state index contributed by atoms with van der Waals surface area (Å²) in [6.45, 7) is 3.59. The molecule has 2 aromatic carbocycles. The second-order valence-electron chi connectivity index (χ2n) is 11.5. The zero-order valence-corrected chi connectivity index (χ0v) is 26.4. The lowest BCUT2D eigenvalue weighted by molar-refractivity contribution is 0.221. The molecule has 1 saturated carbocycles. The lowest BCUT2D eigenvalue weighted by Gasteiger charge is -2.32. The van der Waals surface area contributed by atoms with E-state index in [1.807, 2.05) is 4.72 Å². The Morgan fingerprint density at radius 3 is 2.27 bits per heavy atom. The molecule has 0 saturated heterocycles. The van der Waals surface area contributed by atoms with Gasteiger partial charge in [-0.25, -0.2) is 27.2 Å². The smallest absolute Gasteiger partial charge is 0.278 e. The molecule has 0 spiro atoms. The average molecular weight is 646 g/mol. The van der Waals surface area contributed by atoms with Crippen LogP contribution in [0.4, 0.5) is 20.4 Å². The maximum Gasteiger partial charge on any atom is 0.278 e. The number of halogens is 3. The molecule has 0 aliphatic heterocycles. The number of nitrogens with one attached hydrogen (secondary N) is 2. The van der Waals surface area contributed by atoms with Gasteiger partial charge in [0, 0.05) is 28.7 Å². The van der Waals surface area contributed by atoms with E-state index < -0.39 is 38.7 Å². The van der Waals surface area contributed by atoms with E-state index >= 15 is 8.78 Å². The monoisotopic (exact) mass is 645 g/mol. The molecule has 0 atom stereocenters. The van der Waals surface area contributed by atoms with Crippen LogP contribution in [-0.2, 0) is 15.8 Å². The summed E-state index contributed by atoms with van der Waals surface area (Å²) < 4.78 is 59.1. The van der Waals surface area contributed by atoms with Crippen LogP contribution in [-0.4, -0.2) is 59.0 Å². The molecule has 0 bridgehead atoms. The highest BCUT2D eigenvalue weighted by Gasteiger charge is 2.25. The Balaban J connectivity index is 1.43. The average Bonchev–Trinajstić information content (AvgIpc) is 2.95. The molecule has 4 aromatic rings. The molecule has 44 heavy (non-hydrogen) atoms. The van der Waals surface area contributed by atoms with E-state index in [0.29, 0.717) is 28.2 Å². The SMILES string of the molecule is CC(C)n1c(=O)c(-c2cc(F)c(NS(=O)(=O)Cc3ccc(Cl)cc3)c(F)c2)nc2cnc(NC3CCC(N(C)C)CC3)nc21. The van der Waals surface area contributed by atoms with Crippen LogP contribution in [0.3, 0.4) is 0 Å². The number of nitrogens with zero attached hydrogens (tertiary/aromatic N) is 5. The van der Waals surface area contributed by atoms with Crippen LogP contribution in [0.25, 0.3) is 22.4 Å². The van der Waals surface area contributed by atoms with Crippen molar-refractivity contribution in [1.29, 1.82) is 0 Å². The van der Waals surface area contributed by atoms with Gasteiger partial charge in [0.25, 0.3) is 5.56 Å². The number of hydrogen-bond donors (Lipinski definition) is 2. The van der Waals surface area contributed by atoms with Gasteiger partial charge in [0.15, 0.2) is 17.3 Å². The predicted molar refractivity (Wildman–Crippen MR) is 168 cm³/mol. The van der Waals surface area contributed by atoms with Gasteiger partial charge in [-0.1, -0.05) is 23.7 Å². The van der Waals surface area contributed by atoms with Gasteiger partial charge in [-0.2, -0.15) is 4.98 Å².